The van der Waals surface area contributed by atoms with Crippen molar-refractivity contribution in [2.75, 3.05) is 6.54 Å². The van der Waals surface area contributed by atoms with Crippen LogP contribution in [0, 0.1) is 16.0 Å². The maximum Gasteiger partial charge on any atom is 0.433 e. The van der Waals surface area contributed by atoms with Crippen LogP contribution in [0.2, 0.25) is 0 Å². The fraction of sp³-hybridized carbons (Fsp3) is 0.643. The average Bonchev–Trinajstić information content (AvgIpc) is 2.82. The standard InChI is InChI=1S/C14H21N3O4/c1-9(2)8-16-12(18)5-3-4-10(15)14(16)11-6-7-13(21-11)17(19)20/h6-7,9-10,14H,3-5,8,15H2,1-2H3. The van der Waals surface area contributed by atoms with Gasteiger partial charge in [0.2, 0.25) is 5.91 Å². The molecule has 1 aromatic heterocycles. The van der Waals surface area contributed by atoms with E-state index >= 15 is 0 Å². The van der Waals surface area contributed by atoms with E-state index in [9.17, 15) is 14.9 Å². The van der Waals surface area contributed by atoms with Crippen molar-refractivity contribution in [3.8, 4) is 0 Å². The molecule has 0 saturated carbocycles. The molecule has 0 spiro atoms. The molecule has 21 heavy (non-hydrogen) atoms. The Balaban J connectivity index is 2.36. The first kappa shape index (κ1) is 15.5. The van der Waals surface area contributed by atoms with Gasteiger partial charge in [-0.2, -0.15) is 0 Å². The summed E-state index contributed by atoms with van der Waals surface area (Å²) < 4.78 is 5.30. The highest BCUT2D eigenvalue weighted by atomic mass is 16.6. The monoisotopic (exact) mass is 295 g/mol. The number of nitrogens with two attached hydrogens (primary N) is 1. The Morgan fingerprint density at radius 2 is 2.24 bits per heavy atom. The third kappa shape index (κ3) is 3.41. The summed E-state index contributed by atoms with van der Waals surface area (Å²) in [6, 6.07) is 2.15. The summed E-state index contributed by atoms with van der Waals surface area (Å²) >= 11 is 0. The molecule has 0 bridgehead atoms. The summed E-state index contributed by atoms with van der Waals surface area (Å²) in [4.78, 5) is 24.2. The van der Waals surface area contributed by atoms with E-state index in [2.05, 4.69) is 0 Å². The SMILES string of the molecule is CC(C)CN1C(=O)CCCC(N)C1c1ccc([N+](=O)[O-])o1. The highest BCUT2D eigenvalue weighted by Crippen LogP contribution is 2.33. The number of hydrogen-bond donors (Lipinski definition) is 1. The van der Waals surface area contributed by atoms with Crippen LogP contribution in [0.25, 0.3) is 0 Å². The lowest BCUT2D eigenvalue weighted by Crippen LogP contribution is -2.43. The van der Waals surface area contributed by atoms with E-state index in [0.29, 0.717) is 25.1 Å². The minimum absolute atomic E-state index is 0.0284. The number of carbonyl (C=O) groups excluding carboxylic acids is 1. The highest BCUT2D eigenvalue weighted by molar-refractivity contribution is 5.77. The first-order valence-electron chi connectivity index (χ1n) is 7.19. The first-order valence-corrected chi connectivity index (χ1v) is 7.19. The van der Waals surface area contributed by atoms with Gasteiger partial charge >= 0.3 is 5.88 Å². The molecule has 1 saturated heterocycles. The van der Waals surface area contributed by atoms with Gasteiger partial charge in [-0.25, -0.2) is 0 Å². The van der Waals surface area contributed by atoms with E-state index in [1.807, 2.05) is 13.8 Å². The van der Waals surface area contributed by atoms with Crippen molar-refractivity contribution in [3.63, 3.8) is 0 Å². The maximum absolute atomic E-state index is 12.3. The topological polar surface area (TPSA) is 103 Å². The lowest BCUT2D eigenvalue weighted by Gasteiger charge is -2.33. The van der Waals surface area contributed by atoms with Crippen LogP contribution in [0.15, 0.2) is 16.5 Å². The molecule has 2 atom stereocenters. The van der Waals surface area contributed by atoms with Crippen molar-refractivity contribution < 1.29 is 14.1 Å². The number of rotatable bonds is 4. The van der Waals surface area contributed by atoms with Gasteiger partial charge in [-0.3, -0.25) is 14.9 Å². The van der Waals surface area contributed by atoms with Gasteiger partial charge < -0.3 is 15.1 Å². The molecular weight excluding hydrogens is 274 g/mol. The Labute approximate surface area is 123 Å². The second-order valence-electron chi connectivity index (χ2n) is 5.87. The molecule has 1 aliphatic heterocycles. The molecule has 0 radical (unpaired) electrons. The van der Waals surface area contributed by atoms with Crippen molar-refractivity contribution in [2.45, 2.75) is 45.2 Å². The maximum atomic E-state index is 12.3. The van der Waals surface area contributed by atoms with Crippen molar-refractivity contribution in [1.29, 1.82) is 0 Å². The Morgan fingerprint density at radius 1 is 1.52 bits per heavy atom. The fourth-order valence-electron chi connectivity index (χ4n) is 2.75. The van der Waals surface area contributed by atoms with Crippen molar-refractivity contribution in [3.05, 3.63) is 28.0 Å². The molecule has 1 aliphatic rings. The minimum atomic E-state index is -0.583. The quantitative estimate of drug-likeness (QED) is 0.677. The Kier molecular flexibility index (Phi) is 4.62. The van der Waals surface area contributed by atoms with E-state index in [-0.39, 0.29) is 23.8 Å². The van der Waals surface area contributed by atoms with E-state index in [0.717, 1.165) is 6.42 Å². The molecule has 0 aliphatic carbocycles. The molecule has 7 nitrogen and oxygen atoms in total. The number of amides is 1. The van der Waals surface area contributed by atoms with Gasteiger partial charge in [-0.1, -0.05) is 13.8 Å². The van der Waals surface area contributed by atoms with E-state index in [1.165, 1.54) is 6.07 Å². The number of carbonyl (C=O) groups is 1. The lowest BCUT2D eigenvalue weighted by molar-refractivity contribution is -0.402. The minimum Gasteiger partial charge on any atom is -0.404 e. The fourth-order valence-corrected chi connectivity index (χ4v) is 2.75. The van der Waals surface area contributed by atoms with Gasteiger partial charge in [0.1, 0.15) is 16.7 Å². The zero-order chi connectivity index (χ0) is 15.6. The Morgan fingerprint density at radius 3 is 2.81 bits per heavy atom. The normalized spacial score (nSPS) is 23.4. The second-order valence-corrected chi connectivity index (χ2v) is 5.87. The number of nitrogens with zero attached hydrogens (tertiary/aromatic N) is 2. The number of nitro groups is 1. The molecule has 2 unspecified atom stereocenters. The van der Waals surface area contributed by atoms with Crippen LogP contribution in [0.4, 0.5) is 5.88 Å². The summed E-state index contributed by atoms with van der Waals surface area (Å²) in [6.07, 6.45) is 1.88. The van der Waals surface area contributed by atoms with Crippen LogP contribution < -0.4 is 5.73 Å². The van der Waals surface area contributed by atoms with Gasteiger partial charge in [0.15, 0.2) is 0 Å². The number of furan rings is 1. The molecule has 2 N–H and O–H groups in total. The zero-order valence-corrected chi connectivity index (χ0v) is 12.3. The van der Waals surface area contributed by atoms with Gasteiger partial charge in [-0.05, 0) is 24.8 Å². The average molecular weight is 295 g/mol. The molecule has 2 heterocycles. The molecule has 7 heteroatoms. The predicted octanol–water partition coefficient (Wildman–Crippen LogP) is 2.22. The molecule has 1 fully saturated rings. The second kappa shape index (κ2) is 6.26. The van der Waals surface area contributed by atoms with Crippen molar-refractivity contribution >= 4 is 11.8 Å². The first-order chi connectivity index (χ1) is 9.90. The van der Waals surface area contributed by atoms with Gasteiger partial charge in [0.25, 0.3) is 0 Å². The van der Waals surface area contributed by atoms with Crippen molar-refractivity contribution in [2.24, 2.45) is 11.7 Å². The smallest absolute Gasteiger partial charge is 0.404 e. The van der Waals surface area contributed by atoms with Crippen LogP contribution in [0.3, 0.4) is 0 Å². The van der Waals surface area contributed by atoms with Crippen LogP contribution in [-0.4, -0.2) is 28.3 Å². The van der Waals surface area contributed by atoms with Gasteiger partial charge in [-0.15, -0.1) is 0 Å². The molecule has 1 aromatic rings. The molecular formula is C14H21N3O4. The Bertz CT molecular complexity index is 526. The van der Waals surface area contributed by atoms with E-state index in [1.54, 1.807) is 11.0 Å². The number of likely N-dealkylation sites (tertiary alicyclic amines) is 1. The van der Waals surface area contributed by atoms with Crippen molar-refractivity contribution in [1.82, 2.24) is 4.90 Å². The lowest BCUT2D eigenvalue weighted by atomic mass is 10.0. The predicted molar refractivity (Wildman–Crippen MR) is 76.5 cm³/mol. The highest BCUT2D eigenvalue weighted by Gasteiger charge is 2.36. The largest absolute Gasteiger partial charge is 0.433 e. The van der Waals surface area contributed by atoms with Crippen LogP contribution in [-0.2, 0) is 4.79 Å². The zero-order valence-electron chi connectivity index (χ0n) is 12.3. The molecule has 2 rings (SSSR count). The molecule has 1 amide bonds. The summed E-state index contributed by atoms with van der Waals surface area (Å²) in [5.74, 6) is 0.385. The summed E-state index contributed by atoms with van der Waals surface area (Å²) in [7, 11) is 0. The van der Waals surface area contributed by atoms with E-state index in [4.69, 9.17) is 10.2 Å². The molecule has 0 aromatic carbocycles. The Hall–Kier alpha value is -1.89. The third-order valence-corrected chi connectivity index (χ3v) is 3.64. The number of hydrogen-bond acceptors (Lipinski definition) is 5. The van der Waals surface area contributed by atoms with E-state index < -0.39 is 11.0 Å². The summed E-state index contributed by atoms with van der Waals surface area (Å²) in [5, 5.41) is 10.8. The summed E-state index contributed by atoms with van der Waals surface area (Å²) in [5.41, 5.74) is 6.20. The third-order valence-electron chi connectivity index (χ3n) is 3.64. The van der Waals surface area contributed by atoms with Crippen LogP contribution in [0.1, 0.15) is 44.9 Å². The van der Waals surface area contributed by atoms with Crippen LogP contribution >= 0.6 is 0 Å². The summed E-state index contributed by atoms with van der Waals surface area (Å²) in [6.45, 7) is 4.60. The van der Waals surface area contributed by atoms with Gasteiger partial charge in [0.05, 0.1) is 6.07 Å². The van der Waals surface area contributed by atoms with Crippen LogP contribution in [0.5, 0.6) is 0 Å². The molecule has 116 valence electrons. The van der Waals surface area contributed by atoms with Gasteiger partial charge in [0, 0.05) is 19.0 Å².